The summed E-state index contributed by atoms with van der Waals surface area (Å²) in [6.45, 7) is 2.63. The highest BCUT2D eigenvalue weighted by atomic mass is 35.5. The third-order valence-electron chi connectivity index (χ3n) is 7.10. The molecule has 3 aromatic rings. The molecule has 0 spiro atoms. The number of ether oxygens (including phenoxy) is 1. The number of thiazole rings is 1. The molecule has 1 saturated heterocycles. The van der Waals surface area contributed by atoms with Crippen molar-refractivity contribution in [3.63, 3.8) is 0 Å². The van der Waals surface area contributed by atoms with Crippen LogP contribution in [0.4, 0.5) is 4.39 Å². The van der Waals surface area contributed by atoms with E-state index in [9.17, 15) is 9.90 Å². The van der Waals surface area contributed by atoms with Crippen LogP contribution in [0.5, 0.6) is 5.75 Å². The Kier molecular flexibility index (Phi) is 8.57. The molecule has 188 valence electrons. The van der Waals surface area contributed by atoms with Gasteiger partial charge in [-0.3, -0.25) is 9.78 Å². The van der Waals surface area contributed by atoms with Crippen LogP contribution in [-0.4, -0.2) is 52.7 Å². The van der Waals surface area contributed by atoms with Gasteiger partial charge in [0.1, 0.15) is 11.9 Å². The number of aromatic nitrogens is 2. The number of aliphatic carboxylic acids is 1. The number of likely N-dealkylation sites (tertiary alicyclic amines) is 1. The number of alkyl halides is 1. The van der Waals surface area contributed by atoms with Crippen molar-refractivity contribution in [3.8, 4) is 5.75 Å². The summed E-state index contributed by atoms with van der Waals surface area (Å²) in [6.07, 6.45) is 6.27. The maximum atomic E-state index is 15.7. The lowest BCUT2D eigenvalue weighted by Crippen LogP contribution is -2.41. The molecule has 6 nitrogen and oxygen atoms in total. The predicted octanol–water partition coefficient (Wildman–Crippen LogP) is 6.33. The average molecular weight is 520 g/mol. The van der Waals surface area contributed by atoms with Crippen LogP contribution in [-0.2, 0) is 11.2 Å². The Bertz CT molecular complexity index is 1140. The molecule has 1 aromatic carbocycles. The van der Waals surface area contributed by atoms with Gasteiger partial charge in [0.05, 0.1) is 29.1 Å². The van der Waals surface area contributed by atoms with E-state index in [0.29, 0.717) is 28.6 Å². The van der Waals surface area contributed by atoms with Gasteiger partial charge in [0.2, 0.25) is 0 Å². The first-order valence-electron chi connectivity index (χ1n) is 12.0. The molecule has 2 aromatic heterocycles. The first kappa shape index (κ1) is 25.8. The van der Waals surface area contributed by atoms with Gasteiger partial charge in [0, 0.05) is 35.1 Å². The summed E-state index contributed by atoms with van der Waals surface area (Å²) in [5.74, 6) is -0.214. The van der Waals surface area contributed by atoms with Gasteiger partial charge >= 0.3 is 5.97 Å². The molecule has 3 heterocycles. The topological polar surface area (TPSA) is 75.6 Å². The molecule has 0 saturated carbocycles. The monoisotopic (exact) mass is 519 g/mol. The Hall–Kier alpha value is -2.29. The Morgan fingerprint density at radius 2 is 2.14 bits per heavy atom. The van der Waals surface area contributed by atoms with Crippen molar-refractivity contribution in [3.05, 3.63) is 51.6 Å². The van der Waals surface area contributed by atoms with Gasteiger partial charge in [0.15, 0.2) is 0 Å². The van der Waals surface area contributed by atoms with E-state index in [1.54, 1.807) is 36.6 Å². The Morgan fingerprint density at radius 1 is 1.34 bits per heavy atom. The second-order valence-corrected chi connectivity index (χ2v) is 10.7. The number of carboxylic acids is 1. The number of hydrogen-bond acceptors (Lipinski definition) is 6. The molecule has 1 atom stereocenters. The smallest absolute Gasteiger partial charge is 0.303 e. The number of carbonyl (C=O) groups is 1. The number of benzene rings is 1. The minimum Gasteiger partial charge on any atom is -0.497 e. The van der Waals surface area contributed by atoms with Crippen molar-refractivity contribution < 1.29 is 19.0 Å². The van der Waals surface area contributed by atoms with E-state index in [0.717, 1.165) is 50.3 Å². The SMILES string of the molecule is COc1ccc2ncc(Cl)c([C@@H](F)CCC3(CC(=O)O)CCN(CCCc4nccs4)CC3)c2c1. The molecule has 0 bridgehead atoms. The number of pyridine rings is 1. The standard InChI is InChI=1S/C26H31ClFN3O3S/c1-34-18-4-5-22-19(15-18)25(20(27)17-30-22)21(28)6-7-26(16-24(32)33)8-12-31(13-9-26)11-2-3-23-29-10-14-35-23/h4-5,10,14-15,17,21H,2-3,6-9,11-13,16H2,1H3,(H,32,33)/t21-/m0/s1. The van der Waals surface area contributed by atoms with Crippen molar-refractivity contribution in [2.24, 2.45) is 5.41 Å². The van der Waals surface area contributed by atoms with Crippen molar-refractivity contribution >= 4 is 39.8 Å². The zero-order valence-electron chi connectivity index (χ0n) is 19.9. The molecule has 9 heteroatoms. The molecule has 1 fully saturated rings. The zero-order valence-corrected chi connectivity index (χ0v) is 21.5. The van der Waals surface area contributed by atoms with Gasteiger partial charge in [-0.1, -0.05) is 11.6 Å². The molecule has 35 heavy (non-hydrogen) atoms. The van der Waals surface area contributed by atoms with E-state index < -0.39 is 17.6 Å². The molecule has 1 aliphatic heterocycles. The lowest BCUT2D eigenvalue weighted by atomic mass is 9.71. The van der Waals surface area contributed by atoms with Gasteiger partial charge < -0.3 is 14.7 Å². The van der Waals surface area contributed by atoms with Crippen molar-refractivity contribution in [1.82, 2.24) is 14.9 Å². The lowest BCUT2D eigenvalue weighted by Gasteiger charge is -2.41. The Morgan fingerprint density at radius 3 is 2.83 bits per heavy atom. The minimum atomic E-state index is -1.32. The van der Waals surface area contributed by atoms with Crippen molar-refractivity contribution in [1.29, 1.82) is 0 Å². The fourth-order valence-electron chi connectivity index (χ4n) is 5.11. The highest BCUT2D eigenvalue weighted by molar-refractivity contribution is 7.09. The summed E-state index contributed by atoms with van der Waals surface area (Å²) in [4.78, 5) is 22.7. The number of halogens is 2. The largest absolute Gasteiger partial charge is 0.497 e. The normalized spacial score (nSPS) is 16.9. The van der Waals surface area contributed by atoms with E-state index in [2.05, 4.69) is 14.9 Å². The second-order valence-electron chi connectivity index (χ2n) is 9.35. The number of piperidine rings is 1. The molecule has 0 radical (unpaired) electrons. The van der Waals surface area contributed by atoms with Crippen LogP contribution in [0, 0.1) is 5.41 Å². The average Bonchev–Trinajstić information content (AvgIpc) is 3.36. The minimum absolute atomic E-state index is 0.0608. The van der Waals surface area contributed by atoms with E-state index in [4.69, 9.17) is 16.3 Å². The highest BCUT2D eigenvalue weighted by Gasteiger charge is 2.37. The van der Waals surface area contributed by atoms with E-state index in [1.165, 1.54) is 6.20 Å². The van der Waals surface area contributed by atoms with Gasteiger partial charge in [-0.2, -0.15) is 0 Å². The van der Waals surface area contributed by atoms with Crippen LogP contribution in [0.1, 0.15) is 55.3 Å². The first-order valence-corrected chi connectivity index (χ1v) is 13.2. The zero-order chi connectivity index (χ0) is 24.8. The summed E-state index contributed by atoms with van der Waals surface area (Å²) >= 11 is 8.07. The third-order valence-corrected chi connectivity index (χ3v) is 8.24. The van der Waals surface area contributed by atoms with Gasteiger partial charge in [-0.25, -0.2) is 9.37 Å². The summed E-state index contributed by atoms with van der Waals surface area (Å²) in [6, 6.07) is 5.33. The highest BCUT2D eigenvalue weighted by Crippen LogP contribution is 2.44. The van der Waals surface area contributed by atoms with Crippen LogP contribution in [0.2, 0.25) is 5.02 Å². The number of aryl methyl sites for hydroxylation is 1. The summed E-state index contributed by atoms with van der Waals surface area (Å²) in [5.41, 5.74) is 0.648. The van der Waals surface area contributed by atoms with Gasteiger partial charge in [-0.15, -0.1) is 11.3 Å². The number of fused-ring (bicyclic) bond motifs is 1. The van der Waals surface area contributed by atoms with Crippen LogP contribution in [0.3, 0.4) is 0 Å². The first-order chi connectivity index (χ1) is 16.9. The van der Waals surface area contributed by atoms with Gasteiger partial charge in [0.25, 0.3) is 0 Å². The summed E-state index contributed by atoms with van der Waals surface area (Å²) < 4.78 is 21.0. The Balaban J connectivity index is 1.40. The van der Waals surface area contributed by atoms with E-state index in [1.807, 2.05) is 11.6 Å². The van der Waals surface area contributed by atoms with Crippen molar-refractivity contribution in [2.45, 2.75) is 51.1 Å². The van der Waals surface area contributed by atoms with Crippen LogP contribution in [0.15, 0.2) is 36.0 Å². The van der Waals surface area contributed by atoms with E-state index in [-0.39, 0.29) is 17.9 Å². The molecular formula is C26H31ClFN3O3S. The number of hydrogen-bond donors (Lipinski definition) is 1. The maximum absolute atomic E-state index is 15.7. The van der Waals surface area contributed by atoms with Crippen LogP contribution >= 0.6 is 22.9 Å². The van der Waals surface area contributed by atoms with Crippen LogP contribution in [0.25, 0.3) is 10.9 Å². The molecule has 1 aliphatic rings. The number of carboxylic acid groups (broad SMARTS) is 1. The fourth-order valence-corrected chi connectivity index (χ4v) is 6.04. The second kappa shape index (κ2) is 11.6. The predicted molar refractivity (Wildman–Crippen MR) is 137 cm³/mol. The third kappa shape index (κ3) is 6.48. The molecule has 0 aliphatic carbocycles. The number of methoxy groups -OCH3 is 1. The summed E-state index contributed by atoms with van der Waals surface area (Å²) in [7, 11) is 1.56. The fraction of sp³-hybridized carbons (Fsp3) is 0.500. The Labute approximate surface area is 214 Å². The summed E-state index contributed by atoms with van der Waals surface area (Å²) in [5, 5.41) is 13.7. The van der Waals surface area contributed by atoms with Crippen LogP contribution < -0.4 is 4.74 Å². The molecule has 0 amide bonds. The molecular weight excluding hydrogens is 489 g/mol. The van der Waals surface area contributed by atoms with Crippen molar-refractivity contribution in [2.75, 3.05) is 26.7 Å². The van der Waals surface area contributed by atoms with E-state index >= 15 is 4.39 Å². The quantitative estimate of drug-likeness (QED) is 0.319. The maximum Gasteiger partial charge on any atom is 0.303 e. The molecule has 1 N–H and O–H groups in total. The van der Waals surface area contributed by atoms with Gasteiger partial charge in [-0.05, 0) is 75.4 Å². The number of rotatable bonds is 11. The lowest BCUT2D eigenvalue weighted by molar-refractivity contribution is -0.141. The number of nitrogens with zero attached hydrogens (tertiary/aromatic N) is 3. The molecule has 4 rings (SSSR count). The molecule has 0 unspecified atom stereocenters.